The second kappa shape index (κ2) is 4.82. The van der Waals surface area contributed by atoms with E-state index in [9.17, 15) is 9.90 Å². The summed E-state index contributed by atoms with van der Waals surface area (Å²) in [5, 5.41) is 11.2. The number of carboxylic acid groups (broad SMARTS) is 1. The van der Waals surface area contributed by atoms with E-state index in [0.29, 0.717) is 0 Å². The Morgan fingerprint density at radius 2 is 2.31 bits per heavy atom. The van der Waals surface area contributed by atoms with Crippen molar-refractivity contribution in [3.8, 4) is 0 Å². The average molecular weight is 240 g/mol. The molecule has 2 nitrogen and oxygen atoms in total. The molecule has 0 aliphatic rings. The van der Waals surface area contributed by atoms with E-state index in [2.05, 4.69) is 15.9 Å². The summed E-state index contributed by atoms with van der Waals surface area (Å²) in [5.41, 5.74) is 1.07. The highest BCUT2D eigenvalue weighted by molar-refractivity contribution is 9.09. The number of aromatic carboxylic acids is 1. The van der Waals surface area contributed by atoms with Crippen molar-refractivity contribution < 1.29 is 9.90 Å². The normalized spacial score (nSPS) is 10.5. The highest BCUT2D eigenvalue weighted by atomic mass is 79.9. The van der Waals surface area contributed by atoms with Crippen LogP contribution in [0.4, 0.5) is 0 Å². The molecular weight excluding hydrogens is 232 g/mol. The number of hydrogen-bond donors (Lipinski definition) is 0. The van der Waals surface area contributed by atoms with Crippen LogP contribution in [0.1, 0.15) is 15.9 Å². The number of benzene rings is 1. The van der Waals surface area contributed by atoms with E-state index in [0.717, 1.165) is 10.9 Å². The molecule has 0 unspecified atom stereocenters. The predicted octanol–water partition coefficient (Wildman–Crippen LogP) is 1.46. The number of allylic oxidation sites excluding steroid dienone is 1. The van der Waals surface area contributed by atoms with Crippen molar-refractivity contribution in [2.75, 3.05) is 5.33 Å². The fourth-order valence-electron chi connectivity index (χ4n) is 0.950. The number of carbonyl (C=O) groups excluding carboxylic acids is 1. The van der Waals surface area contributed by atoms with E-state index >= 15 is 0 Å². The van der Waals surface area contributed by atoms with Crippen LogP contribution in [0.2, 0.25) is 0 Å². The molecule has 0 radical (unpaired) electrons. The zero-order chi connectivity index (χ0) is 9.68. The van der Waals surface area contributed by atoms with Gasteiger partial charge in [0.25, 0.3) is 0 Å². The van der Waals surface area contributed by atoms with Crippen LogP contribution in [-0.4, -0.2) is 11.3 Å². The Bertz CT molecular complexity index is 331. The van der Waals surface area contributed by atoms with Crippen molar-refractivity contribution in [2.24, 2.45) is 0 Å². The van der Waals surface area contributed by atoms with Crippen molar-refractivity contribution >= 4 is 28.0 Å². The number of rotatable bonds is 3. The molecule has 0 aliphatic carbocycles. The topological polar surface area (TPSA) is 40.1 Å². The van der Waals surface area contributed by atoms with Gasteiger partial charge in [-0.25, -0.2) is 0 Å². The molecule has 0 fully saturated rings. The zero-order valence-corrected chi connectivity index (χ0v) is 8.45. The third-order valence-electron chi connectivity index (χ3n) is 1.52. The molecule has 3 heteroatoms. The largest absolute Gasteiger partial charge is 0.545 e. The Morgan fingerprint density at radius 3 is 2.92 bits per heavy atom. The first-order valence-corrected chi connectivity index (χ1v) is 4.90. The molecule has 0 heterocycles. The van der Waals surface area contributed by atoms with Crippen LogP contribution >= 0.6 is 15.9 Å². The van der Waals surface area contributed by atoms with Crippen LogP contribution in [0.3, 0.4) is 0 Å². The van der Waals surface area contributed by atoms with Crippen molar-refractivity contribution in [1.82, 2.24) is 0 Å². The van der Waals surface area contributed by atoms with Gasteiger partial charge in [-0.3, -0.25) is 0 Å². The molecule has 68 valence electrons. The van der Waals surface area contributed by atoms with E-state index in [1.807, 2.05) is 18.2 Å². The Balaban J connectivity index is 2.92. The summed E-state index contributed by atoms with van der Waals surface area (Å²) in [5.74, 6) is -1.14. The molecular formula is C10H8BrO2-. The lowest BCUT2D eigenvalue weighted by Gasteiger charge is -2.02. The van der Waals surface area contributed by atoms with E-state index in [-0.39, 0.29) is 5.56 Å². The summed E-state index contributed by atoms with van der Waals surface area (Å²) in [7, 11) is 0. The highest BCUT2D eigenvalue weighted by Crippen LogP contribution is 2.06. The summed E-state index contributed by atoms with van der Waals surface area (Å²) in [6.07, 6.45) is 3.75. The van der Waals surface area contributed by atoms with Crippen molar-refractivity contribution in [3.05, 3.63) is 41.5 Å². The number of hydrogen-bond acceptors (Lipinski definition) is 2. The first kappa shape index (κ1) is 9.99. The van der Waals surface area contributed by atoms with E-state index in [4.69, 9.17) is 0 Å². The first-order valence-electron chi connectivity index (χ1n) is 3.78. The highest BCUT2D eigenvalue weighted by Gasteiger charge is 1.92. The standard InChI is InChI=1S/C10H9BrO2/c11-6-2-4-8-3-1-5-9(7-8)10(12)13/h1-5,7H,6H2,(H,12,13)/p-1. The third kappa shape index (κ3) is 3.03. The molecule has 1 aromatic carbocycles. The molecule has 0 bridgehead atoms. The minimum absolute atomic E-state index is 0.205. The third-order valence-corrected chi connectivity index (χ3v) is 1.90. The minimum atomic E-state index is -1.14. The number of carboxylic acids is 1. The van der Waals surface area contributed by atoms with Gasteiger partial charge in [-0.15, -0.1) is 0 Å². The summed E-state index contributed by atoms with van der Waals surface area (Å²) >= 11 is 3.24. The van der Waals surface area contributed by atoms with E-state index in [1.165, 1.54) is 6.07 Å². The molecule has 0 aliphatic heterocycles. The van der Waals surface area contributed by atoms with Crippen molar-refractivity contribution in [3.63, 3.8) is 0 Å². The molecule has 0 amide bonds. The maximum Gasteiger partial charge on any atom is 0.0715 e. The summed E-state index contributed by atoms with van der Waals surface area (Å²) in [6.45, 7) is 0. The fourth-order valence-corrected chi connectivity index (χ4v) is 1.14. The molecule has 0 spiro atoms. The first-order chi connectivity index (χ1) is 6.24. The minimum Gasteiger partial charge on any atom is -0.545 e. The maximum atomic E-state index is 10.5. The quantitative estimate of drug-likeness (QED) is 0.750. The molecule has 0 atom stereocenters. The Hall–Kier alpha value is -1.09. The maximum absolute atomic E-state index is 10.5. The van der Waals surface area contributed by atoms with Crippen LogP contribution in [0.5, 0.6) is 0 Å². The van der Waals surface area contributed by atoms with Crippen molar-refractivity contribution in [2.45, 2.75) is 0 Å². The van der Waals surface area contributed by atoms with Crippen LogP contribution in [0.15, 0.2) is 30.3 Å². The lowest BCUT2D eigenvalue weighted by atomic mass is 10.1. The number of alkyl halides is 1. The zero-order valence-electron chi connectivity index (χ0n) is 6.87. The van der Waals surface area contributed by atoms with Crippen LogP contribution in [0, 0.1) is 0 Å². The molecule has 0 saturated heterocycles. The van der Waals surface area contributed by atoms with Gasteiger partial charge in [0.1, 0.15) is 0 Å². The van der Waals surface area contributed by atoms with Gasteiger partial charge >= 0.3 is 0 Å². The fraction of sp³-hybridized carbons (Fsp3) is 0.100. The van der Waals surface area contributed by atoms with E-state index < -0.39 is 5.97 Å². The monoisotopic (exact) mass is 239 g/mol. The molecule has 1 aromatic rings. The van der Waals surface area contributed by atoms with Crippen LogP contribution in [-0.2, 0) is 0 Å². The van der Waals surface area contributed by atoms with Gasteiger partial charge in [-0.05, 0) is 17.2 Å². The Labute approximate surface area is 85.0 Å². The van der Waals surface area contributed by atoms with Gasteiger partial charge in [0.15, 0.2) is 0 Å². The SMILES string of the molecule is O=C([O-])c1cccc(C=CCBr)c1. The molecule has 13 heavy (non-hydrogen) atoms. The van der Waals surface area contributed by atoms with Gasteiger partial charge < -0.3 is 9.90 Å². The smallest absolute Gasteiger partial charge is 0.0715 e. The van der Waals surface area contributed by atoms with Gasteiger partial charge in [0.2, 0.25) is 0 Å². The van der Waals surface area contributed by atoms with Crippen LogP contribution < -0.4 is 5.11 Å². The number of carbonyl (C=O) groups is 1. The van der Waals surface area contributed by atoms with Gasteiger partial charge in [0, 0.05) is 5.33 Å². The molecule has 0 N–H and O–H groups in total. The summed E-state index contributed by atoms with van der Waals surface area (Å²) in [4.78, 5) is 10.5. The lowest BCUT2D eigenvalue weighted by molar-refractivity contribution is -0.255. The Morgan fingerprint density at radius 1 is 1.54 bits per heavy atom. The predicted molar refractivity (Wildman–Crippen MR) is 53.6 cm³/mol. The van der Waals surface area contributed by atoms with Gasteiger partial charge in [0.05, 0.1) is 5.97 Å². The second-order valence-electron chi connectivity index (χ2n) is 2.47. The lowest BCUT2D eigenvalue weighted by Crippen LogP contribution is -2.22. The van der Waals surface area contributed by atoms with Crippen LogP contribution in [0.25, 0.3) is 6.08 Å². The molecule has 0 saturated carbocycles. The van der Waals surface area contributed by atoms with Gasteiger partial charge in [-0.1, -0.05) is 46.3 Å². The van der Waals surface area contributed by atoms with Gasteiger partial charge in [-0.2, -0.15) is 0 Å². The second-order valence-corrected chi connectivity index (χ2v) is 3.12. The Kier molecular flexibility index (Phi) is 3.71. The average Bonchev–Trinajstić information content (AvgIpc) is 2.15. The summed E-state index contributed by atoms with van der Waals surface area (Å²) < 4.78 is 0. The number of halogens is 1. The van der Waals surface area contributed by atoms with E-state index in [1.54, 1.807) is 12.1 Å². The molecule has 1 rings (SSSR count). The molecule has 0 aromatic heterocycles. The van der Waals surface area contributed by atoms with Crippen molar-refractivity contribution in [1.29, 1.82) is 0 Å². The summed E-state index contributed by atoms with van der Waals surface area (Å²) in [6, 6.07) is 6.62.